The summed E-state index contributed by atoms with van der Waals surface area (Å²) in [7, 11) is 0. The molecule has 0 spiro atoms. The molecule has 0 saturated heterocycles. The second kappa shape index (κ2) is 17.1. The molecule has 0 saturated carbocycles. The van der Waals surface area contributed by atoms with Crippen LogP contribution in [0.5, 0.6) is 0 Å². The van der Waals surface area contributed by atoms with Gasteiger partial charge in [-0.05, 0) is 18.9 Å². The molecule has 0 amide bonds. The van der Waals surface area contributed by atoms with Crippen molar-refractivity contribution in [2.75, 3.05) is 0 Å². The molecule has 0 aliphatic carbocycles. The Balaban J connectivity index is -0.000000439. The number of carboxylic acid groups (broad SMARTS) is 1. The van der Waals surface area contributed by atoms with Gasteiger partial charge in [0.1, 0.15) is 6.04 Å². The van der Waals surface area contributed by atoms with Crippen LogP contribution < -0.4 is 5.73 Å². The van der Waals surface area contributed by atoms with E-state index in [-0.39, 0.29) is 0 Å². The molecule has 1 unspecified atom stereocenters. The fourth-order valence-corrected chi connectivity index (χ4v) is 0.898. The van der Waals surface area contributed by atoms with Gasteiger partial charge in [-0.3, -0.25) is 4.79 Å². The van der Waals surface area contributed by atoms with Crippen molar-refractivity contribution in [2.45, 2.75) is 47.1 Å². The van der Waals surface area contributed by atoms with Crippen LogP contribution in [-0.2, 0) is 4.79 Å². The molecule has 0 rings (SSSR count). The van der Waals surface area contributed by atoms with E-state index in [0.29, 0.717) is 6.42 Å². The molecule has 3 heteroatoms. The Bertz CT molecular complexity index is 243. The lowest BCUT2D eigenvalue weighted by Gasteiger charge is -2.06. The van der Waals surface area contributed by atoms with Gasteiger partial charge in [0.25, 0.3) is 0 Å². The molecule has 3 N–H and O–H groups in total. The third-order valence-corrected chi connectivity index (χ3v) is 1.49. The molecule has 0 heterocycles. The normalized spacial score (nSPS) is 11.8. The minimum absolute atomic E-state index is 0.325. The van der Waals surface area contributed by atoms with Crippen LogP contribution in [0.25, 0.3) is 0 Å². The predicted octanol–water partition coefficient (Wildman–Crippen LogP) is 3.53. The molecule has 0 aliphatic heterocycles. The molecule has 0 aromatic rings. The third kappa shape index (κ3) is 14.7. The first-order valence-corrected chi connectivity index (χ1v) is 6.04. The third-order valence-electron chi connectivity index (χ3n) is 1.49. The summed E-state index contributed by atoms with van der Waals surface area (Å²) in [6, 6.07) is -0.845. The number of rotatable bonds is 5. The first-order valence-electron chi connectivity index (χ1n) is 6.04. The van der Waals surface area contributed by atoms with Gasteiger partial charge in [0.15, 0.2) is 0 Å². The second-order valence-electron chi connectivity index (χ2n) is 2.63. The van der Waals surface area contributed by atoms with Gasteiger partial charge < -0.3 is 10.8 Å². The highest BCUT2D eigenvalue weighted by atomic mass is 16.4. The quantitative estimate of drug-likeness (QED) is 0.724. The molecule has 0 bridgehead atoms. The number of nitrogens with two attached hydrogens (primary N) is 1. The maximum atomic E-state index is 10.4. The van der Waals surface area contributed by atoms with Crippen LogP contribution in [0, 0.1) is 0 Å². The average molecular weight is 241 g/mol. The first kappa shape index (κ1) is 21.0. The Kier molecular flexibility index (Phi) is 21.1. The Labute approximate surface area is 106 Å². The van der Waals surface area contributed by atoms with Crippen molar-refractivity contribution in [3.63, 3.8) is 0 Å². The summed E-state index contributed by atoms with van der Waals surface area (Å²) in [6.45, 7) is 13.4. The van der Waals surface area contributed by atoms with E-state index >= 15 is 0 Å². The van der Waals surface area contributed by atoms with Crippen molar-refractivity contribution in [3.8, 4) is 0 Å². The van der Waals surface area contributed by atoms with Gasteiger partial charge in [-0.15, -0.1) is 0 Å². The van der Waals surface area contributed by atoms with Crippen LogP contribution >= 0.6 is 0 Å². The molecule has 0 radical (unpaired) electrons. The Morgan fingerprint density at radius 1 is 1.35 bits per heavy atom. The van der Waals surface area contributed by atoms with Crippen molar-refractivity contribution in [2.24, 2.45) is 5.73 Å². The monoisotopic (exact) mass is 241 g/mol. The highest BCUT2D eigenvalue weighted by molar-refractivity contribution is 5.73. The van der Waals surface area contributed by atoms with E-state index in [1.54, 1.807) is 12.2 Å². The van der Waals surface area contributed by atoms with Crippen LogP contribution in [0.4, 0.5) is 0 Å². The first-order chi connectivity index (χ1) is 8.11. The number of hydrogen-bond donors (Lipinski definition) is 2. The molecule has 1 atom stereocenters. The molecular weight excluding hydrogens is 214 g/mol. The van der Waals surface area contributed by atoms with E-state index in [2.05, 4.69) is 6.58 Å². The van der Waals surface area contributed by atoms with E-state index in [1.165, 1.54) is 0 Å². The molecule has 100 valence electrons. The number of allylic oxidation sites excluding steroid dienone is 4. The minimum atomic E-state index is -0.987. The van der Waals surface area contributed by atoms with Crippen molar-refractivity contribution in [3.05, 3.63) is 36.5 Å². The Hall–Kier alpha value is -1.35. The number of carboxylic acids is 1. The summed E-state index contributed by atoms with van der Waals surface area (Å²) in [5.41, 5.74) is 6.24. The van der Waals surface area contributed by atoms with Gasteiger partial charge >= 0.3 is 5.97 Å². The van der Waals surface area contributed by atoms with Crippen LogP contribution in [0.2, 0.25) is 0 Å². The van der Waals surface area contributed by atoms with Crippen molar-refractivity contribution < 1.29 is 9.90 Å². The van der Waals surface area contributed by atoms with E-state index < -0.39 is 12.0 Å². The van der Waals surface area contributed by atoms with Gasteiger partial charge in [-0.2, -0.15) is 0 Å². The van der Waals surface area contributed by atoms with Crippen molar-refractivity contribution in [1.29, 1.82) is 0 Å². The molecule has 0 fully saturated rings. The smallest absolute Gasteiger partial charge is 0.320 e. The summed E-state index contributed by atoms with van der Waals surface area (Å²) in [6.07, 6.45) is 7.35. The topological polar surface area (TPSA) is 63.3 Å². The van der Waals surface area contributed by atoms with E-state index in [4.69, 9.17) is 10.8 Å². The second-order valence-corrected chi connectivity index (χ2v) is 2.63. The van der Waals surface area contributed by atoms with Crippen LogP contribution in [0.15, 0.2) is 36.5 Å². The minimum Gasteiger partial charge on any atom is -0.480 e. The lowest BCUT2D eigenvalue weighted by molar-refractivity contribution is -0.138. The highest BCUT2D eigenvalue weighted by Gasteiger charge is 2.11. The molecular formula is C14H27NO2. The van der Waals surface area contributed by atoms with Gasteiger partial charge in [0.2, 0.25) is 0 Å². The lowest BCUT2D eigenvalue weighted by atomic mass is 10.1. The zero-order valence-corrected chi connectivity index (χ0v) is 11.7. The Morgan fingerprint density at radius 3 is 2.12 bits per heavy atom. The highest BCUT2D eigenvalue weighted by Crippen LogP contribution is 2.06. The van der Waals surface area contributed by atoms with Gasteiger partial charge in [-0.25, -0.2) is 0 Å². The zero-order chi connectivity index (χ0) is 14.3. The predicted molar refractivity (Wildman–Crippen MR) is 76.0 cm³/mol. The number of aliphatic carboxylic acids is 1. The van der Waals surface area contributed by atoms with Crippen LogP contribution in [0.1, 0.15) is 41.0 Å². The number of hydrogen-bond acceptors (Lipinski definition) is 2. The molecule has 17 heavy (non-hydrogen) atoms. The summed E-state index contributed by atoms with van der Waals surface area (Å²) in [5, 5.41) is 8.57. The SMILES string of the molecule is C=C/C=C(\C=C/C)CC(N)C(=O)O.CC.CC. The fourth-order valence-electron chi connectivity index (χ4n) is 0.898. The molecule has 0 aromatic carbocycles. The summed E-state index contributed by atoms with van der Waals surface area (Å²) in [4.78, 5) is 10.4. The fraction of sp³-hybridized carbons (Fsp3) is 0.500. The summed E-state index contributed by atoms with van der Waals surface area (Å²) < 4.78 is 0. The summed E-state index contributed by atoms with van der Waals surface area (Å²) >= 11 is 0. The van der Waals surface area contributed by atoms with E-state index in [1.807, 2.05) is 46.8 Å². The average Bonchev–Trinajstić information content (AvgIpc) is 2.34. The van der Waals surface area contributed by atoms with Crippen LogP contribution in [0.3, 0.4) is 0 Å². The van der Waals surface area contributed by atoms with Gasteiger partial charge in [-0.1, -0.05) is 58.6 Å². The van der Waals surface area contributed by atoms with Gasteiger partial charge in [0, 0.05) is 0 Å². The largest absolute Gasteiger partial charge is 0.480 e. The van der Waals surface area contributed by atoms with Crippen LogP contribution in [-0.4, -0.2) is 17.1 Å². The van der Waals surface area contributed by atoms with E-state index in [0.717, 1.165) is 5.57 Å². The standard InChI is InChI=1S/C10H15NO2.2C2H6/c1-3-5-8(6-4-2)7-9(11)10(12)13;2*1-2/h3-6,9H,1,7,11H2,2H3,(H,12,13);2*1-2H3/b6-4-,8-5+;;. The zero-order valence-electron chi connectivity index (χ0n) is 11.7. The van der Waals surface area contributed by atoms with Crippen molar-refractivity contribution >= 4 is 5.97 Å². The molecule has 0 aliphatic rings. The summed E-state index contributed by atoms with van der Waals surface area (Å²) in [5.74, 6) is -0.987. The molecule has 0 aromatic heterocycles. The Morgan fingerprint density at radius 2 is 1.82 bits per heavy atom. The maximum absolute atomic E-state index is 10.4. The molecule has 3 nitrogen and oxygen atoms in total. The number of carbonyl (C=O) groups is 1. The van der Waals surface area contributed by atoms with E-state index in [9.17, 15) is 4.79 Å². The maximum Gasteiger partial charge on any atom is 0.320 e. The lowest BCUT2D eigenvalue weighted by Crippen LogP contribution is -2.30. The van der Waals surface area contributed by atoms with Crippen molar-refractivity contribution in [1.82, 2.24) is 0 Å². The van der Waals surface area contributed by atoms with Gasteiger partial charge in [0.05, 0.1) is 0 Å².